The lowest BCUT2D eigenvalue weighted by Gasteiger charge is -2.17. The number of likely N-dealkylation sites (tertiary alicyclic amines) is 1. The van der Waals surface area contributed by atoms with E-state index in [2.05, 4.69) is 0 Å². The summed E-state index contributed by atoms with van der Waals surface area (Å²) in [5.74, 6) is -0.793. The maximum Gasteiger partial charge on any atom is 0.257 e. The highest BCUT2D eigenvalue weighted by Crippen LogP contribution is 2.29. The molecule has 0 N–H and O–H groups in total. The van der Waals surface area contributed by atoms with E-state index in [0.717, 1.165) is 5.56 Å². The van der Waals surface area contributed by atoms with Gasteiger partial charge in [0.2, 0.25) is 6.43 Å². The van der Waals surface area contributed by atoms with Crippen molar-refractivity contribution in [1.82, 2.24) is 4.90 Å². The van der Waals surface area contributed by atoms with Crippen molar-refractivity contribution < 1.29 is 18.0 Å². The van der Waals surface area contributed by atoms with Crippen molar-refractivity contribution >= 4 is 16.9 Å². The third-order valence-corrected chi connectivity index (χ3v) is 5.28. The highest BCUT2D eigenvalue weighted by Gasteiger charge is 2.33. The van der Waals surface area contributed by atoms with Crippen molar-refractivity contribution in [2.45, 2.75) is 19.8 Å². The van der Waals surface area contributed by atoms with E-state index >= 15 is 0 Å². The van der Waals surface area contributed by atoms with Crippen LogP contribution in [-0.4, -0.2) is 30.3 Å². The topological polar surface area (TPSA) is 50.5 Å². The number of fused-ring (bicyclic) bond motifs is 1. The van der Waals surface area contributed by atoms with Gasteiger partial charge in [-0.25, -0.2) is 8.78 Å². The second-order valence-electron chi connectivity index (χ2n) is 7.07. The predicted molar refractivity (Wildman–Crippen MR) is 103 cm³/mol. The van der Waals surface area contributed by atoms with Crippen molar-refractivity contribution in [2.24, 2.45) is 5.92 Å². The second kappa shape index (κ2) is 7.19. The number of carbonyl (C=O) groups is 1. The van der Waals surface area contributed by atoms with Crippen LogP contribution in [0.15, 0.2) is 57.7 Å². The fraction of sp³-hybridized carbons (Fsp3) is 0.273. The first-order valence-electron chi connectivity index (χ1n) is 9.16. The summed E-state index contributed by atoms with van der Waals surface area (Å²) in [7, 11) is 0. The Morgan fingerprint density at radius 3 is 2.57 bits per heavy atom. The number of halogens is 2. The first-order valence-corrected chi connectivity index (χ1v) is 9.16. The van der Waals surface area contributed by atoms with Crippen LogP contribution in [0.1, 0.15) is 22.3 Å². The van der Waals surface area contributed by atoms with Crippen molar-refractivity contribution in [1.29, 1.82) is 0 Å². The lowest BCUT2D eigenvalue weighted by Crippen LogP contribution is -2.30. The van der Waals surface area contributed by atoms with E-state index < -0.39 is 12.3 Å². The maximum atomic E-state index is 13.0. The second-order valence-corrected chi connectivity index (χ2v) is 7.07. The van der Waals surface area contributed by atoms with Crippen LogP contribution in [0.25, 0.3) is 22.3 Å². The Labute approximate surface area is 160 Å². The maximum absolute atomic E-state index is 13.0. The molecule has 1 aromatic heterocycles. The third-order valence-electron chi connectivity index (χ3n) is 5.28. The molecule has 1 amide bonds. The summed E-state index contributed by atoms with van der Waals surface area (Å²) in [6, 6.07) is 14.0. The first-order chi connectivity index (χ1) is 13.5. The Morgan fingerprint density at radius 1 is 1.14 bits per heavy atom. The molecule has 4 nitrogen and oxygen atoms in total. The average Bonchev–Trinajstić information content (AvgIpc) is 3.21. The van der Waals surface area contributed by atoms with Crippen LogP contribution in [0.3, 0.4) is 0 Å². The van der Waals surface area contributed by atoms with Crippen LogP contribution in [-0.2, 0) is 0 Å². The summed E-state index contributed by atoms with van der Waals surface area (Å²) in [5.41, 5.74) is 1.41. The van der Waals surface area contributed by atoms with Gasteiger partial charge in [-0.1, -0.05) is 36.4 Å². The molecular weight excluding hydrogens is 364 g/mol. The summed E-state index contributed by atoms with van der Waals surface area (Å²) >= 11 is 0. The van der Waals surface area contributed by atoms with Gasteiger partial charge in [0.05, 0.1) is 10.9 Å². The number of rotatable bonds is 3. The standard InChI is InChI=1S/C22H19F2NO3/c1-13-18(26)16-8-5-9-17(22(27)25-11-10-15(12-25)21(23)24)20(16)28-19(13)14-6-3-2-4-7-14/h2-9,15,21H,10-12H2,1H3/t15-/m1/s1. The Morgan fingerprint density at radius 2 is 1.89 bits per heavy atom. The van der Waals surface area contributed by atoms with Gasteiger partial charge in [-0.15, -0.1) is 0 Å². The summed E-state index contributed by atoms with van der Waals surface area (Å²) in [6.45, 7) is 1.97. The van der Waals surface area contributed by atoms with Crippen LogP contribution >= 0.6 is 0 Å². The van der Waals surface area contributed by atoms with E-state index in [0.29, 0.717) is 16.7 Å². The number of nitrogens with zero attached hydrogens (tertiary/aromatic N) is 1. The summed E-state index contributed by atoms with van der Waals surface area (Å²) < 4.78 is 32.0. The van der Waals surface area contributed by atoms with Crippen LogP contribution in [0.2, 0.25) is 0 Å². The minimum atomic E-state index is -2.45. The highest BCUT2D eigenvalue weighted by atomic mass is 19.3. The molecule has 1 aliphatic heterocycles. The van der Waals surface area contributed by atoms with Gasteiger partial charge in [0, 0.05) is 30.1 Å². The summed E-state index contributed by atoms with van der Waals surface area (Å²) in [4.78, 5) is 27.3. The van der Waals surface area contributed by atoms with Crippen molar-refractivity contribution in [2.75, 3.05) is 13.1 Å². The van der Waals surface area contributed by atoms with Gasteiger partial charge in [0.1, 0.15) is 5.76 Å². The molecule has 1 aliphatic rings. The molecular formula is C22H19F2NO3. The smallest absolute Gasteiger partial charge is 0.257 e. The molecule has 0 spiro atoms. The molecule has 1 atom stereocenters. The largest absolute Gasteiger partial charge is 0.455 e. The molecule has 1 fully saturated rings. The zero-order chi connectivity index (χ0) is 19.8. The molecule has 1 saturated heterocycles. The van der Waals surface area contributed by atoms with E-state index in [1.54, 1.807) is 25.1 Å². The van der Waals surface area contributed by atoms with Crippen LogP contribution in [0, 0.1) is 12.8 Å². The van der Waals surface area contributed by atoms with Crippen molar-refractivity contribution in [3.63, 3.8) is 0 Å². The molecule has 144 valence electrons. The molecule has 0 radical (unpaired) electrons. The molecule has 0 unspecified atom stereocenters. The first kappa shape index (κ1) is 18.3. The SMILES string of the molecule is Cc1c(-c2ccccc2)oc2c(C(=O)N3CC[C@@H](C(F)F)C3)cccc2c1=O. The molecule has 4 rings (SSSR count). The lowest BCUT2D eigenvalue weighted by molar-refractivity contribution is 0.0685. The minimum absolute atomic E-state index is 0.00846. The zero-order valence-electron chi connectivity index (χ0n) is 15.3. The summed E-state index contributed by atoms with van der Waals surface area (Å²) in [6.07, 6.45) is -2.18. The lowest BCUT2D eigenvalue weighted by atomic mass is 10.0. The molecule has 28 heavy (non-hydrogen) atoms. The van der Waals surface area contributed by atoms with Gasteiger partial charge in [-0.05, 0) is 25.5 Å². The van der Waals surface area contributed by atoms with Crippen molar-refractivity contribution in [3.8, 4) is 11.3 Å². The van der Waals surface area contributed by atoms with Crippen molar-refractivity contribution in [3.05, 3.63) is 69.9 Å². The van der Waals surface area contributed by atoms with E-state index in [4.69, 9.17) is 4.42 Å². The molecule has 3 aromatic rings. The number of hydrogen-bond donors (Lipinski definition) is 0. The van der Waals surface area contributed by atoms with Gasteiger partial charge in [0.25, 0.3) is 5.91 Å². The van der Waals surface area contributed by atoms with Gasteiger partial charge in [0.15, 0.2) is 11.0 Å². The number of alkyl halides is 2. The molecule has 0 saturated carbocycles. The monoisotopic (exact) mass is 383 g/mol. The Hall–Kier alpha value is -3.02. The molecule has 0 aliphatic carbocycles. The quantitative estimate of drug-likeness (QED) is 0.669. The summed E-state index contributed by atoms with van der Waals surface area (Å²) in [5, 5.41) is 0.313. The third kappa shape index (κ3) is 3.09. The normalized spacial score (nSPS) is 16.9. The molecule has 0 bridgehead atoms. The molecule has 2 heterocycles. The Kier molecular flexibility index (Phi) is 4.71. The fourth-order valence-corrected chi connectivity index (χ4v) is 3.69. The van der Waals surface area contributed by atoms with Crippen LogP contribution in [0.4, 0.5) is 8.78 Å². The van der Waals surface area contributed by atoms with Gasteiger partial charge in [-0.3, -0.25) is 9.59 Å². The average molecular weight is 383 g/mol. The number of amides is 1. The Balaban J connectivity index is 1.83. The zero-order valence-corrected chi connectivity index (χ0v) is 15.3. The van der Waals surface area contributed by atoms with E-state index in [1.165, 1.54) is 4.90 Å². The number of para-hydroxylation sites is 1. The number of benzene rings is 2. The van der Waals surface area contributed by atoms with Gasteiger partial charge < -0.3 is 9.32 Å². The van der Waals surface area contributed by atoms with Crippen LogP contribution in [0.5, 0.6) is 0 Å². The van der Waals surface area contributed by atoms with E-state index in [9.17, 15) is 18.4 Å². The number of hydrogen-bond acceptors (Lipinski definition) is 3. The van der Waals surface area contributed by atoms with Gasteiger partial charge in [-0.2, -0.15) is 0 Å². The number of carbonyl (C=O) groups excluding carboxylic acids is 1. The molecule has 6 heteroatoms. The van der Waals surface area contributed by atoms with E-state index in [-0.39, 0.29) is 42.0 Å². The van der Waals surface area contributed by atoms with Crippen LogP contribution < -0.4 is 5.43 Å². The highest BCUT2D eigenvalue weighted by molar-refractivity contribution is 6.05. The predicted octanol–water partition coefficient (Wildman–Crippen LogP) is 4.50. The van der Waals surface area contributed by atoms with E-state index in [1.807, 2.05) is 30.3 Å². The minimum Gasteiger partial charge on any atom is -0.455 e. The van der Waals surface area contributed by atoms with Gasteiger partial charge >= 0.3 is 0 Å². The fourth-order valence-electron chi connectivity index (χ4n) is 3.69. The molecule has 2 aromatic carbocycles. The Bertz CT molecular complexity index is 1090.